The molecule has 0 amide bonds. The minimum Gasteiger partial charge on any atom is -0.490 e. The first kappa shape index (κ1) is 20.9. The van der Waals surface area contributed by atoms with Gasteiger partial charge in [-0.2, -0.15) is 0 Å². The largest absolute Gasteiger partial charge is 0.490 e. The molecule has 1 saturated heterocycles. The lowest BCUT2D eigenvalue weighted by Crippen LogP contribution is -2.34. The van der Waals surface area contributed by atoms with E-state index in [1.54, 1.807) is 12.1 Å². The summed E-state index contributed by atoms with van der Waals surface area (Å²) < 4.78 is 11.2. The molecular weight excluding hydrogens is 417 g/mol. The van der Waals surface area contributed by atoms with Crippen molar-refractivity contribution in [2.75, 3.05) is 19.7 Å². The lowest BCUT2D eigenvalue weighted by Gasteiger charge is -2.29. The van der Waals surface area contributed by atoms with Gasteiger partial charge in [0.2, 0.25) is 0 Å². The molecule has 2 aromatic carbocycles. The lowest BCUT2D eigenvalue weighted by molar-refractivity contribution is 0.0728. The zero-order chi connectivity index (χ0) is 20.1. The normalized spacial score (nSPS) is 13.9. The van der Waals surface area contributed by atoms with Crippen molar-refractivity contribution in [3.63, 3.8) is 0 Å². The van der Waals surface area contributed by atoms with Gasteiger partial charge in [0.25, 0.3) is 0 Å². The summed E-state index contributed by atoms with van der Waals surface area (Å²) in [5, 5.41) is 0.686. The van der Waals surface area contributed by atoms with Gasteiger partial charge in [-0.25, -0.2) is 4.79 Å². The van der Waals surface area contributed by atoms with Crippen LogP contribution in [0.5, 0.6) is 11.5 Å². The van der Waals surface area contributed by atoms with E-state index in [0.717, 1.165) is 36.5 Å². The van der Waals surface area contributed by atoms with Crippen LogP contribution >= 0.6 is 35.4 Å². The van der Waals surface area contributed by atoms with Gasteiger partial charge < -0.3 is 14.4 Å². The number of benzene rings is 2. The Morgan fingerprint density at radius 2 is 1.82 bits per heavy atom. The van der Waals surface area contributed by atoms with E-state index in [4.69, 9.17) is 44.9 Å². The first-order valence-electron chi connectivity index (χ1n) is 9.23. The number of esters is 1. The number of likely N-dealkylation sites (tertiary alicyclic amines) is 1. The van der Waals surface area contributed by atoms with Gasteiger partial charge in [-0.05, 0) is 62.6 Å². The van der Waals surface area contributed by atoms with Crippen LogP contribution < -0.4 is 9.47 Å². The molecule has 0 bridgehead atoms. The van der Waals surface area contributed by atoms with Crippen LogP contribution in [0.1, 0.15) is 42.1 Å². The van der Waals surface area contributed by atoms with E-state index in [2.05, 4.69) is 4.90 Å². The topological polar surface area (TPSA) is 38.8 Å². The summed E-state index contributed by atoms with van der Waals surface area (Å²) in [5.41, 5.74) is 1.12. The predicted molar refractivity (Wildman–Crippen MR) is 116 cm³/mol. The second-order valence-corrected chi connectivity index (χ2v) is 7.69. The van der Waals surface area contributed by atoms with E-state index in [1.807, 2.05) is 19.1 Å². The Bertz CT molecular complexity index is 882. The van der Waals surface area contributed by atoms with Gasteiger partial charge in [-0.15, -0.1) is 0 Å². The number of halogens is 2. The molecule has 1 aliphatic rings. The molecule has 0 aromatic heterocycles. The third kappa shape index (κ3) is 4.96. The average molecular weight is 438 g/mol. The number of piperidine rings is 1. The Morgan fingerprint density at radius 3 is 2.50 bits per heavy atom. The highest BCUT2D eigenvalue weighted by Gasteiger charge is 2.19. The summed E-state index contributed by atoms with van der Waals surface area (Å²) in [6.45, 7) is 4.24. The van der Waals surface area contributed by atoms with Crippen LogP contribution in [0.4, 0.5) is 0 Å². The summed E-state index contributed by atoms with van der Waals surface area (Å²) in [7, 11) is 0. The SMILES string of the molecule is CCOc1cc(C(=S)N2CCCCC2)ccc1OC(=O)c1ccc(Cl)cc1Cl. The second-order valence-electron chi connectivity index (χ2n) is 6.46. The Balaban J connectivity index is 1.82. The highest BCUT2D eigenvalue weighted by atomic mass is 35.5. The van der Waals surface area contributed by atoms with Crippen molar-refractivity contribution in [1.29, 1.82) is 0 Å². The number of hydrogen-bond acceptors (Lipinski definition) is 4. The number of nitrogens with zero attached hydrogens (tertiary/aromatic N) is 1. The molecule has 0 radical (unpaired) electrons. The number of hydrogen-bond donors (Lipinski definition) is 0. The molecule has 1 heterocycles. The maximum atomic E-state index is 12.5. The molecule has 0 saturated carbocycles. The van der Waals surface area contributed by atoms with E-state index in [-0.39, 0.29) is 10.6 Å². The number of thiocarbonyl (C=S) groups is 1. The fourth-order valence-electron chi connectivity index (χ4n) is 3.08. The minimum absolute atomic E-state index is 0.235. The van der Waals surface area contributed by atoms with Crippen LogP contribution in [0, 0.1) is 0 Å². The Kier molecular flexibility index (Phi) is 7.16. The van der Waals surface area contributed by atoms with Gasteiger partial charge in [0.1, 0.15) is 4.99 Å². The number of rotatable bonds is 5. The first-order chi connectivity index (χ1) is 13.5. The maximum absolute atomic E-state index is 12.5. The molecule has 1 fully saturated rings. The van der Waals surface area contributed by atoms with Crippen molar-refractivity contribution in [3.05, 3.63) is 57.6 Å². The third-order valence-electron chi connectivity index (χ3n) is 4.49. The predicted octanol–water partition coefficient (Wildman–Crippen LogP) is 5.77. The second kappa shape index (κ2) is 9.59. The van der Waals surface area contributed by atoms with Crippen molar-refractivity contribution in [3.8, 4) is 11.5 Å². The van der Waals surface area contributed by atoms with Crippen LogP contribution in [0.15, 0.2) is 36.4 Å². The van der Waals surface area contributed by atoms with Crippen molar-refractivity contribution in [2.24, 2.45) is 0 Å². The van der Waals surface area contributed by atoms with Crippen LogP contribution in [0.25, 0.3) is 0 Å². The molecule has 0 spiro atoms. The van der Waals surface area contributed by atoms with Crippen molar-refractivity contribution < 1.29 is 14.3 Å². The molecule has 0 N–H and O–H groups in total. The molecular formula is C21H21Cl2NO3S. The van der Waals surface area contributed by atoms with Crippen molar-refractivity contribution in [1.82, 2.24) is 4.90 Å². The molecule has 2 aromatic rings. The molecule has 4 nitrogen and oxygen atoms in total. The maximum Gasteiger partial charge on any atom is 0.345 e. The van der Waals surface area contributed by atoms with E-state index in [0.29, 0.717) is 23.1 Å². The molecule has 7 heteroatoms. The molecule has 0 aliphatic carbocycles. The van der Waals surface area contributed by atoms with Crippen LogP contribution in [-0.4, -0.2) is 35.6 Å². The highest BCUT2D eigenvalue weighted by Crippen LogP contribution is 2.31. The minimum atomic E-state index is -0.575. The van der Waals surface area contributed by atoms with E-state index in [1.165, 1.54) is 18.6 Å². The summed E-state index contributed by atoms with van der Waals surface area (Å²) >= 11 is 17.6. The molecule has 1 aliphatic heterocycles. The Labute approximate surface area is 180 Å². The fourth-order valence-corrected chi connectivity index (χ4v) is 3.88. The van der Waals surface area contributed by atoms with Gasteiger partial charge in [-0.3, -0.25) is 0 Å². The van der Waals surface area contributed by atoms with Crippen LogP contribution in [-0.2, 0) is 0 Å². The molecule has 28 heavy (non-hydrogen) atoms. The van der Waals surface area contributed by atoms with Gasteiger partial charge in [-0.1, -0.05) is 35.4 Å². The van der Waals surface area contributed by atoms with Crippen molar-refractivity contribution in [2.45, 2.75) is 26.2 Å². The number of carbonyl (C=O) groups excluding carboxylic acids is 1. The Morgan fingerprint density at radius 1 is 1.07 bits per heavy atom. The van der Waals surface area contributed by atoms with E-state index in [9.17, 15) is 4.79 Å². The fraction of sp³-hybridized carbons (Fsp3) is 0.333. The zero-order valence-corrected chi connectivity index (χ0v) is 17.9. The van der Waals surface area contributed by atoms with Gasteiger partial charge in [0.05, 0.1) is 17.2 Å². The highest BCUT2D eigenvalue weighted by molar-refractivity contribution is 7.80. The third-order valence-corrected chi connectivity index (χ3v) is 5.53. The van der Waals surface area contributed by atoms with Gasteiger partial charge >= 0.3 is 5.97 Å². The van der Waals surface area contributed by atoms with E-state index >= 15 is 0 Å². The Hall–Kier alpha value is -1.82. The smallest absolute Gasteiger partial charge is 0.345 e. The quantitative estimate of drug-likeness (QED) is 0.337. The summed E-state index contributed by atoms with van der Waals surface area (Å²) in [6.07, 6.45) is 3.54. The van der Waals surface area contributed by atoms with Gasteiger partial charge in [0.15, 0.2) is 11.5 Å². The standard InChI is InChI=1S/C21H21Cl2NO3S/c1-2-26-19-12-14(20(28)24-10-4-3-5-11-24)6-9-18(19)27-21(25)16-8-7-15(22)13-17(16)23/h6-9,12-13H,2-5,10-11H2,1H3. The van der Waals surface area contributed by atoms with E-state index < -0.39 is 5.97 Å². The average Bonchev–Trinajstić information content (AvgIpc) is 2.69. The van der Waals surface area contributed by atoms with Gasteiger partial charge in [0, 0.05) is 23.7 Å². The summed E-state index contributed by atoms with van der Waals surface area (Å²) in [5.74, 6) is 0.217. The van der Waals surface area contributed by atoms with Crippen molar-refractivity contribution >= 4 is 46.4 Å². The summed E-state index contributed by atoms with van der Waals surface area (Å²) in [4.78, 5) is 15.5. The zero-order valence-electron chi connectivity index (χ0n) is 15.5. The number of carbonyl (C=O) groups is 1. The molecule has 0 atom stereocenters. The summed E-state index contributed by atoms with van der Waals surface area (Å²) in [6, 6.07) is 10.0. The first-order valence-corrected chi connectivity index (χ1v) is 10.4. The monoisotopic (exact) mass is 437 g/mol. The molecule has 0 unspecified atom stereocenters. The molecule has 3 rings (SSSR count). The van der Waals surface area contributed by atoms with Crippen LogP contribution in [0.2, 0.25) is 10.0 Å². The lowest BCUT2D eigenvalue weighted by atomic mass is 10.1. The van der Waals surface area contributed by atoms with Crippen LogP contribution in [0.3, 0.4) is 0 Å². The number of ether oxygens (including phenoxy) is 2. The molecule has 148 valence electrons.